The van der Waals surface area contributed by atoms with Gasteiger partial charge in [-0.3, -0.25) is 0 Å². The van der Waals surface area contributed by atoms with Crippen molar-refractivity contribution in [2.75, 3.05) is 6.61 Å². The molecule has 0 aromatic heterocycles. The highest BCUT2D eigenvalue weighted by molar-refractivity contribution is 6.34. The van der Waals surface area contributed by atoms with Crippen LogP contribution in [0.3, 0.4) is 0 Å². The van der Waals surface area contributed by atoms with E-state index >= 15 is 0 Å². The summed E-state index contributed by atoms with van der Waals surface area (Å²) < 4.78 is 4.86. The van der Waals surface area contributed by atoms with E-state index in [4.69, 9.17) is 33.2 Å². The number of halogens is 2. The molecule has 1 aromatic rings. The molecule has 0 heterocycles. The summed E-state index contributed by atoms with van der Waals surface area (Å²) in [6.07, 6.45) is 0. The molecule has 0 aliphatic heterocycles. The van der Waals surface area contributed by atoms with Gasteiger partial charge in [-0.25, -0.2) is 4.79 Å². The fourth-order valence-corrected chi connectivity index (χ4v) is 1.86. The maximum absolute atomic E-state index is 11.6. The summed E-state index contributed by atoms with van der Waals surface area (Å²) in [4.78, 5) is 11.6. The number of hydrogen-bond donors (Lipinski definition) is 0. The van der Waals surface area contributed by atoms with Crippen LogP contribution in [0, 0.1) is 11.3 Å². The van der Waals surface area contributed by atoms with Crippen LogP contribution in [0.2, 0.25) is 5.02 Å². The molecule has 0 amide bonds. The number of alkyl halides is 1. The second-order valence-electron chi connectivity index (χ2n) is 2.92. The van der Waals surface area contributed by atoms with Crippen LogP contribution >= 0.6 is 23.2 Å². The highest BCUT2D eigenvalue weighted by atomic mass is 35.5. The first-order valence-electron chi connectivity index (χ1n) is 4.60. The second kappa shape index (κ2) is 5.74. The van der Waals surface area contributed by atoms with Crippen LogP contribution in [0.5, 0.6) is 0 Å². The minimum absolute atomic E-state index is 0.0580. The number of esters is 1. The molecule has 84 valence electrons. The number of rotatable bonds is 3. The lowest BCUT2D eigenvalue weighted by molar-refractivity contribution is 0.0525. The first-order chi connectivity index (χ1) is 7.65. The van der Waals surface area contributed by atoms with Crippen molar-refractivity contribution in [3.05, 3.63) is 33.8 Å². The average molecular weight is 258 g/mol. The second-order valence-corrected chi connectivity index (χ2v) is 3.56. The van der Waals surface area contributed by atoms with Gasteiger partial charge in [0.25, 0.3) is 0 Å². The van der Waals surface area contributed by atoms with Crippen molar-refractivity contribution in [1.29, 1.82) is 5.26 Å². The highest BCUT2D eigenvalue weighted by Gasteiger charge is 2.17. The molecule has 3 nitrogen and oxygen atoms in total. The van der Waals surface area contributed by atoms with Crippen LogP contribution in [0.15, 0.2) is 12.1 Å². The Labute approximate surface area is 104 Å². The molecule has 0 fully saturated rings. The first-order valence-corrected chi connectivity index (χ1v) is 5.51. The summed E-state index contributed by atoms with van der Waals surface area (Å²) in [5.74, 6) is -0.424. The minimum atomic E-state index is -0.482. The zero-order valence-electron chi connectivity index (χ0n) is 8.59. The number of carbonyl (C=O) groups excluding carboxylic acids is 1. The van der Waals surface area contributed by atoms with Crippen molar-refractivity contribution in [3.63, 3.8) is 0 Å². The summed E-state index contributed by atoms with van der Waals surface area (Å²) in [6, 6.07) is 4.90. The normalized spacial score (nSPS) is 9.62. The zero-order chi connectivity index (χ0) is 12.1. The van der Waals surface area contributed by atoms with Gasteiger partial charge in [-0.15, -0.1) is 11.6 Å². The van der Waals surface area contributed by atoms with Gasteiger partial charge in [0.15, 0.2) is 0 Å². The van der Waals surface area contributed by atoms with E-state index in [2.05, 4.69) is 0 Å². The van der Waals surface area contributed by atoms with E-state index < -0.39 is 5.97 Å². The van der Waals surface area contributed by atoms with Gasteiger partial charge in [0.2, 0.25) is 0 Å². The van der Waals surface area contributed by atoms with Gasteiger partial charge >= 0.3 is 5.97 Å². The summed E-state index contributed by atoms with van der Waals surface area (Å²) in [5, 5.41) is 8.99. The molecule has 0 radical (unpaired) electrons. The fourth-order valence-electron chi connectivity index (χ4n) is 1.24. The van der Waals surface area contributed by atoms with Gasteiger partial charge in [-0.1, -0.05) is 11.6 Å². The number of carbonyl (C=O) groups is 1. The molecule has 0 spiro atoms. The molecule has 0 aliphatic carbocycles. The SMILES string of the molecule is CCOC(=O)c1ccc(C#N)c(Cl)c1CCl. The minimum Gasteiger partial charge on any atom is -0.462 e. The zero-order valence-corrected chi connectivity index (χ0v) is 10.1. The van der Waals surface area contributed by atoms with Crippen LogP contribution in [0.4, 0.5) is 0 Å². The lowest BCUT2D eigenvalue weighted by Gasteiger charge is -2.09. The monoisotopic (exact) mass is 257 g/mol. The largest absolute Gasteiger partial charge is 0.462 e. The molecule has 16 heavy (non-hydrogen) atoms. The predicted molar refractivity (Wildman–Crippen MR) is 61.7 cm³/mol. The maximum atomic E-state index is 11.6. The lowest BCUT2D eigenvalue weighted by Crippen LogP contribution is -2.08. The quantitative estimate of drug-likeness (QED) is 0.618. The van der Waals surface area contributed by atoms with Crippen molar-refractivity contribution in [1.82, 2.24) is 0 Å². The van der Waals surface area contributed by atoms with Crippen molar-refractivity contribution in [2.24, 2.45) is 0 Å². The van der Waals surface area contributed by atoms with Crippen molar-refractivity contribution < 1.29 is 9.53 Å². The first kappa shape index (κ1) is 12.8. The third kappa shape index (κ3) is 2.46. The molecule has 0 saturated carbocycles. The summed E-state index contributed by atoms with van der Waals surface area (Å²) in [5.41, 5.74) is 1.03. The Morgan fingerprint density at radius 1 is 1.56 bits per heavy atom. The molecule has 0 bridgehead atoms. The van der Waals surface area contributed by atoms with Gasteiger partial charge in [-0.2, -0.15) is 5.26 Å². The smallest absolute Gasteiger partial charge is 0.338 e. The average Bonchev–Trinajstić information content (AvgIpc) is 2.28. The maximum Gasteiger partial charge on any atom is 0.338 e. The Balaban J connectivity index is 3.27. The number of nitriles is 1. The lowest BCUT2D eigenvalue weighted by atomic mass is 10.1. The van der Waals surface area contributed by atoms with Crippen LogP contribution in [-0.4, -0.2) is 12.6 Å². The van der Waals surface area contributed by atoms with E-state index in [0.29, 0.717) is 16.7 Å². The molecule has 0 unspecified atom stereocenters. The van der Waals surface area contributed by atoms with Crippen molar-refractivity contribution >= 4 is 29.2 Å². The van der Waals surface area contributed by atoms with E-state index in [1.54, 1.807) is 6.92 Å². The van der Waals surface area contributed by atoms with Gasteiger partial charge in [0.1, 0.15) is 6.07 Å². The summed E-state index contributed by atoms with van der Waals surface area (Å²) in [6.45, 7) is 1.99. The molecule has 5 heteroatoms. The van der Waals surface area contributed by atoms with Gasteiger partial charge in [0.05, 0.1) is 22.8 Å². The Bertz CT molecular complexity index is 452. The number of hydrogen-bond acceptors (Lipinski definition) is 3. The number of benzene rings is 1. The van der Waals surface area contributed by atoms with Crippen LogP contribution in [0.1, 0.15) is 28.4 Å². The Hall–Kier alpha value is -1.24. The molecule has 0 atom stereocenters. The molecular formula is C11H9Cl2NO2. The van der Waals surface area contributed by atoms with Crippen LogP contribution < -0.4 is 0 Å². The van der Waals surface area contributed by atoms with E-state index in [9.17, 15) is 4.79 Å². The molecule has 0 saturated heterocycles. The highest BCUT2D eigenvalue weighted by Crippen LogP contribution is 2.26. The predicted octanol–water partition coefficient (Wildman–Crippen LogP) is 3.13. The Morgan fingerprint density at radius 2 is 2.25 bits per heavy atom. The van der Waals surface area contributed by atoms with E-state index in [0.717, 1.165) is 0 Å². The third-order valence-corrected chi connectivity index (χ3v) is 2.69. The van der Waals surface area contributed by atoms with Gasteiger partial charge < -0.3 is 4.74 Å². The molecule has 0 N–H and O–H groups in total. The summed E-state index contributed by atoms with van der Waals surface area (Å²) in [7, 11) is 0. The number of nitrogens with zero attached hydrogens (tertiary/aromatic N) is 1. The van der Waals surface area contributed by atoms with Crippen molar-refractivity contribution in [2.45, 2.75) is 12.8 Å². The van der Waals surface area contributed by atoms with Crippen molar-refractivity contribution in [3.8, 4) is 6.07 Å². The Kier molecular flexibility index (Phi) is 4.60. The Morgan fingerprint density at radius 3 is 2.75 bits per heavy atom. The van der Waals surface area contributed by atoms with E-state index in [-0.39, 0.29) is 17.5 Å². The van der Waals surface area contributed by atoms with Gasteiger partial charge in [-0.05, 0) is 19.1 Å². The standard InChI is InChI=1S/C11H9Cl2NO2/c1-2-16-11(15)8-4-3-7(6-14)10(13)9(8)5-12/h3-4H,2,5H2,1H3. The topological polar surface area (TPSA) is 50.1 Å². The third-order valence-electron chi connectivity index (χ3n) is 1.99. The van der Waals surface area contributed by atoms with Crippen LogP contribution in [-0.2, 0) is 10.6 Å². The summed E-state index contributed by atoms with van der Waals surface area (Å²) >= 11 is 11.7. The molecule has 0 aliphatic rings. The fraction of sp³-hybridized carbons (Fsp3) is 0.273. The van der Waals surface area contributed by atoms with E-state index in [1.165, 1.54) is 12.1 Å². The number of ether oxygens (including phenoxy) is 1. The van der Waals surface area contributed by atoms with Gasteiger partial charge in [0, 0.05) is 11.4 Å². The van der Waals surface area contributed by atoms with Crippen LogP contribution in [0.25, 0.3) is 0 Å². The molecule has 1 rings (SSSR count). The molecular weight excluding hydrogens is 249 g/mol. The van der Waals surface area contributed by atoms with E-state index in [1.807, 2.05) is 6.07 Å². The molecule has 1 aromatic carbocycles.